The van der Waals surface area contributed by atoms with Crippen LogP contribution in [0.5, 0.6) is 0 Å². The van der Waals surface area contributed by atoms with Crippen molar-refractivity contribution >= 4 is 17.8 Å². The van der Waals surface area contributed by atoms with Gasteiger partial charge in [0.2, 0.25) is 11.8 Å². The second-order valence-electron chi connectivity index (χ2n) is 7.65. The Morgan fingerprint density at radius 2 is 1.87 bits per heavy atom. The smallest absolute Gasteiger partial charge is 0.315 e. The van der Waals surface area contributed by atoms with Gasteiger partial charge in [-0.05, 0) is 29.7 Å². The molecular weight excluding hydrogens is 387 g/mol. The molecule has 2 fully saturated rings. The summed E-state index contributed by atoms with van der Waals surface area (Å²) in [6.07, 6.45) is 0.796. The van der Waals surface area contributed by atoms with Crippen molar-refractivity contribution in [3.63, 3.8) is 0 Å². The van der Waals surface area contributed by atoms with E-state index in [0.29, 0.717) is 18.4 Å². The van der Waals surface area contributed by atoms with Crippen molar-refractivity contribution in [3.8, 4) is 0 Å². The van der Waals surface area contributed by atoms with Crippen LogP contribution in [0.3, 0.4) is 0 Å². The SMILES string of the molecule is O=C(NCc1cccc(F)c1)N[C@H]1C[C@H]2C(=O)N[C@H](Cc3ccccc3)C(=O)N2C1. The normalized spacial score (nSPS) is 23.0. The van der Waals surface area contributed by atoms with E-state index in [1.165, 1.54) is 12.1 Å². The van der Waals surface area contributed by atoms with Gasteiger partial charge >= 0.3 is 6.03 Å². The lowest BCUT2D eigenvalue weighted by molar-refractivity contribution is -0.147. The lowest BCUT2D eigenvalue weighted by Crippen LogP contribution is -2.61. The Kier molecular flexibility index (Phi) is 5.65. The van der Waals surface area contributed by atoms with Crippen LogP contribution in [0, 0.1) is 5.82 Å². The molecule has 0 bridgehead atoms. The Morgan fingerprint density at radius 1 is 1.10 bits per heavy atom. The molecule has 3 atom stereocenters. The molecule has 2 aromatic rings. The quantitative estimate of drug-likeness (QED) is 0.695. The van der Waals surface area contributed by atoms with E-state index in [1.54, 1.807) is 17.0 Å². The minimum Gasteiger partial charge on any atom is -0.342 e. The first kappa shape index (κ1) is 19.9. The van der Waals surface area contributed by atoms with Gasteiger partial charge in [-0.3, -0.25) is 9.59 Å². The van der Waals surface area contributed by atoms with E-state index < -0.39 is 18.1 Å². The molecule has 0 saturated carbocycles. The van der Waals surface area contributed by atoms with Crippen molar-refractivity contribution in [2.24, 2.45) is 0 Å². The minimum atomic E-state index is -0.600. The van der Waals surface area contributed by atoms with Crippen LogP contribution in [0.2, 0.25) is 0 Å². The zero-order valence-electron chi connectivity index (χ0n) is 16.3. The number of piperazine rings is 1. The van der Waals surface area contributed by atoms with Gasteiger partial charge in [0.1, 0.15) is 17.9 Å². The fourth-order valence-electron chi connectivity index (χ4n) is 4.02. The van der Waals surface area contributed by atoms with Crippen LogP contribution in [0.15, 0.2) is 54.6 Å². The van der Waals surface area contributed by atoms with Crippen LogP contribution in [0.1, 0.15) is 17.5 Å². The molecule has 8 heteroatoms. The first-order chi connectivity index (χ1) is 14.5. The Labute approximate surface area is 173 Å². The molecule has 2 aliphatic heterocycles. The number of halogens is 1. The summed E-state index contributed by atoms with van der Waals surface area (Å²) in [5, 5.41) is 8.30. The molecule has 0 aliphatic carbocycles. The highest BCUT2D eigenvalue weighted by Gasteiger charge is 2.46. The first-order valence-electron chi connectivity index (χ1n) is 9.93. The van der Waals surface area contributed by atoms with E-state index in [1.807, 2.05) is 30.3 Å². The highest BCUT2D eigenvalue weighted by Crippen LogP contribution is 2.24. The van der Waals surface area contributed by atoms with Gasteiger partial charge in [-0.1, -0.05) is 42.5 Å². The van der Waals surface area contributed by atoms with Crippen molar-refractivity contribution in [1.29, 1.82) is 0 Å². The summed E-state index contributed by atoms with van der Waals surface area (Å²) in [6.45, 7) is 0.470. The molecule has 156 valence electrons. The van der Waals surface area contributed by atoms with Gasteiger partial charge in [0.05, 0.1) is 6.04 Å². The highest BCUT2D eigenvalue weighted by molar-refractivity contribution is 5.97. The van der Waals surface area contributed by atoms with Gasteiger partial charge in [0.25, 0.3) is 0 Å². The van der Waals surface area contributed by atoms with Crippen LogP contribution in [0.4, 0.5) is 9.18 Å². The van der Waals surface area contributed by atoms with E-state index in [9.17, 15) is 18.8 Å². The standard InChI is InChI=1S/C22H23FN4O3/c23-16-8-4-7-15(9-16)12-24-22(30)25-17-11-19-20(28)26-18(21(29)27(19)13-17)10-14-5-2-1-3-6-14/h1-9,17-19H,10-13H2,(H,26,28)(H2,24,25,30)/t17-,18+,19-/m0/s1. The van der Waals surface area contributed by atoms with Crippen molar-refractivity contribution in [1.82, 2.24) is 20.9 Å². The van der Waals surface area contributed by atoms with E-state index in [-0.39, 0.29) is 36.8 Å². The van der Waals surface area contributed by atoms with Crippen molar-refractivity contribution in [3.05, 3.63) is 71.5 Å². The van der Waals surface area contributed by atoms with Gasteiger partial charge in [0, 0.05) is 19.5 Å². The number of rotatable bonds is 5. The van der Waals surface area contributed by atoms with Gasteiger partial charge in [-0.2, -0.15) is 0 Å². The van der Waals surface area contributed by atoms with Crippen LogP contribution < -0.4 is 16.0 Å². The largest absolute Gasteiger partial charge is 0.342 e. The average Bonchev–Trinajstić information content (AvgIpc) is 3.16. The monoisotopic (exact) mass is 410 g/mol. The van der Waals surface area contributed by atoms with E-state index in [0.717, 1.165) is 5.56 Å². The third-order valence-electron chi connectivity index (χ3n) is 5.46. The number of carbonyl (C=O) groups excluding carboxylic acids is 3. The van der Waals surface area contributed by atoms with E-state index in [2.05, 4.69) is 16.0 Å². The van der Waals surface area contributed by atoms with Gasteiger partial charge in [-0.15, -0.1) is 0 Å². The number of benzene rings is 2. The molecule has 0 unspecified atom stereocenters. The summed E-state index contributed by atoms with van der Waals surface area (Å²) in [5.41, 5.74) is 1.62. The predicted molar refractivity (Wildman–Crippen MR) is 108 cm³/mol. The summed E-state index contributed by atoms with van der Waals surface area (Å²) in [6, 6.07) is 13.6. The third-order valence-corrected chi connectivity index (χ3v) is 5.46. The fraction of sp³-hybridized carbons (Fsp3) is 0.318. The summed E-state index contributed by atoms with van der Waals surface area (Å²) in [4.78, 5) is 39.2. The second-order valence-corrected chi connectivity index (χ2v) is 7.65. The molecule has 2 aliphatic rings. The van der Waals surface area contributed by atoms with Gasteiger partial charge in [0.15, 0.2) is 0 Å². The van der Waals surface area contributed by atoms with Crippen molar-refractivity contribution in [2.75, 3.05) is 6.54 Å². The Morgan fingerprint density at radius 3 is 2.63 bits per heavy atom. The zero-order chi connectivity index (χ0) is 21.1. The van der Waals surface area contributed by atoms with Crippen molar-refractivity contribution < 1.29 is 18.8 Å². The molecule has 4 rings (SSSR count). The predicted octanol–water partition coefficient (Wildman–Crippen LogP) is 1.34. The number of nitrogens with one attached hydrogen (secondary N) is 3. The highest BCUT2D eigenvalue weighted by atomic mass is 19.1. The number of carbonyl (C=O) groups is 3. The molecule has 0 aromatic heterocycles. The summed E-state index contributed by atoms with van der Waals surface area (Å²) in [7, 11) is 0. The third kappa shape index (κ3) is 4.42. The fourth-order valence-corrected chi connectivity index (χ4v) is 4.02. The number of urea groups is 1. The van der Waals surface area contributed by atoms with Gasteiger partial charge < -0.3 is 20.9 Å². The first-order valence-corrected chi connectivity index (χ1v) is 9.93. The molecule has 3 N–H and O–H groups in total. The molecule has 7 nitrogen and oxygen atoms in total. The zero-order valence-corrected chi connectivity index (χ0v) is 16.3. The maximum atomic E-state index is 13.2. The number of nitrogens with zero attached hydrogens (tertiary/aromatic N) is 1. The molecule has 30 heavy (non-hydrogen) atoms. The van der Waals surface area contributed by atoms with Gasteiger partial charge in [-0.25, -0.2) is 9.18 Å². The molecule has 2 saturated heterocycles. The van der Waals surface area contributed by atoms with Crippen LogP contribution in [0.25, 0.3) is 0 Å². The topological polar surface area (TPSA) is 90.5 Å². The molecule has 2 aromatic carbocycles. The summed E-state index contributed by atoms with van der Waals surface area (Å²) in [5.74, 6) is -0.690. The second kappa shape index (κ2) is 8.52. The minimum absolute atomic E-state index is 0.132. The Bertz CT molecular complexity index is 952. The van der Waals surface area contributed by atoms with E-state index >= 15 is 0 Å². The number of hydrogen-bond donors (Lipinski definition) is 3. The maximum absolute atomic E-state index is 13.2. The number of fused-ring (bicyclic) bond motifs is 1. The van der Waals surface area contributed by atoms with Crippen molar-refractivity contribution in [2.45, 2.75) is 37.5 Å². The summed E-state index contributed by atoms with van der Waals surface area (Å²) < 4.78 is 13.2. The van der Waals surface area contributed by atoms with Crippen LogP contribution in [-0.2, 0) is 22.6 Å². The average molecular weight is 410 g/mol. The number of amides is 4. The lowest BCUT2D eigenvalue weighted by Gasteiger charge is -2.34. The van der Waals surface area contributed by atoms with Crippen LogP contribution >= 0.6 is 0 Å². The molecule has 4 amide bonds. The lowest BCUT2D eigenvalue weighted by atomic mass is 10.0. The molecular formula is C22H23FN4O3. The molecule has 2 heterocycles. The summed E-state index contributed by atoms with van der Waals surface area (Å²) >= 11 is 0. The molecule has 0 spiro atoms. The Hall–Kier alpha value is -3.42. The molecule has 0 radical (unpaired) electrons. The van der Waals surface area contributed by atoms with E-state index in [4.69, 9.17) is 0 Å². The Balaban J connectivity index is 1.32. The maximum Gasteiger partial charge on any atom is 0.315 e. The van der Waals surface area contributed by atoms with Crippen LogP contribution in [-0.4, -0.2) is 47.4 Å². The number of hydrogen-bond acceptors (Lipinski definition) is 3.